The van der Waals surface area contributed by atoms with Crippen molar-refractivity contribution in [2.75, 3.05) is 36.5 Å². The third-order valence-electron chi connectivity index (χ3n) is 6.82. The number of amides is 3. The number of anilines is 2. The lowest BCUT2D eigenvalue weighted by Gasteiger charge is -2.36. The highest BCUT2D eigenvalue weighted by molar-refractivity contribution is 7.10. The number of hydrogen-bond acceptors (Lipinski definition) is 5. The molecule has 0 bridgehead atoms. The molecule has 7 nitrogen and oxygen atoms in total. The molecular formula is C24H27N3O4S. The lowest BCUT2D eigenvalue weighted by Crippen LogP contribution is -2.46. The molecule has 1 saturated heterocycles. The van der Waals surface area contributed by atoms with Crippen LogP contribution in [0.5, 0.6) is 0 Å². The van der Waals surface area contributed by atoms with E-state index in [0.29, 0.717) is 38.3 Å². The first kappa shape index (κ1) is 21.2. The molecule has 0 atom stereocenters. The largest absolute Gasteiger partial charge is 0.381 e. The van der Waals surface area contributed by atoms with Crippen LogP contribution in [0.2, 0.25) is 0 Å². The maximum absolute atomic E-state index is 12.7. The zero-order valence-electron chi connectivity index (χ0n) is 17.9. The molecule has 32 heavy (non-hydrogen) atoms. The van der Waals surface area contributed by atoms with Gasteiger partial charge in [0.15, 0.2) is 0 Å². The van der Waals surface area contributed by atoms with E-state index in [2.05, 4.69) is 16.7 Å². The molecule has 0 unspecified atom stereocenters. The van der Waals surface area contributed by atoms with E-state index in [1.54, 1.807) is 11.3 Å². The summed E-state index contributed by atoms with van der Waals surface area (Å²) in [5.41, 5.74) is 3.57. The number of carbonyl (C=O) groups is 3. The molecular weight excluding hydrogens is 426 g/mol. The Bertz CT molecular complexity index is 1030. The summed E-state index contributed by atoms with van der Waals surface area (Å²) < 4.78 is 5.53. The third kappa shape index (κ3) is 3.93. The van der Waals surface area contributed by atoms with Gasteiger partial charge in [0.2, 0.25) is 5.91 Å². The van der Waals surface area contributed by atoms with Crippen LogP contribution in [0.3, 0.4) is 0 Å². The van der Waals surface area contributed by atoms with E-state index in [4.69, 9.17) is 4.74 Å². The molecule has 3 amide bonds. The average Bonchev–Trinajstić information content (AvgIpc) is 3.36. The minimum absolute atomic E-state index is 0.169. The molecule has 1 fully saturated rings. The normalized spacial score (nSPS) is 19.2. The Hall–Kier alpha value is -2.71. The molecule has 168 valence electrons. The van der Waals surface area contributed by atoms with Crippen LogP contribution in [0.15, 0.2) is 29.6 Å². The van der Waals surface area contributed by atoms with Crippen LogP contribution in [0.25, 0.3) is 0 Å². The van der Waals surface area contributed by atoms with E-state index >= 15 is 0 Å². The van der Waals surface area contributed by atoms with E-state index in [1.807, 2.05) is 28.5 Å². The molecule has 3 aliphatic heterocycles. The Morgan fingerprint density at radius 1 is 1.09 bits per heavy atom. The molecule has 1 aromatic heterocycles. The van der Waals surface area contributed by atoms with Gasteiger partial charge in [-0.25, -0.2) is 0 Å². The zero-order valence-corrected chi connectivity index (χ0v) is 18.8. The van der Waals surface area contributed by atoms with Crippen LogP contribution in [-0.2, 0) is 37.4 Å². The molecule has 1 aromatic carbocycles. The number of rotatable bonds is 4. The fourth-order valence-corrected chi connectivity index (χ4v) is 6.08. The molecule has 2 N–H and O–H groups in total. The van der Waals surface area contributed by atoms with Gasteiger partial charge in [0.1, 0.15) is 0 Å². The second-order valence-corrected chi connectivity index (χ2v) is 9.75. The smallest absolute Gasteiger partial charge is 0.313 e. The fourth-order valence-electron chi connectivity index (χ4n) is 5.10. The van der Waals surface area contributed by atoms with Crippen molar-refractivity contribution in [1.82, 2.24) is 5.32 Å². The molecule has 0 spiro atoms. The van der Waals surface area contributed by atoms with Crippen LogP contribution in [0.4, 0.5) is 11.4 Å². The maximum atomic E-state index is 12.7. The van der Waals surface area contributed by atoms with Crippen molar-refractivity contribution < 1.29 is 19.1 Å². The van der Waals surface area contributed by atoms with Crippen molar-refractivity contribution in [3.05, 3.63) is 45.6 Å². The summed E-state index contributed by atoms with van der Waals surface area (Å²) in [6.07, 6.45) is 4.56. The topological polar surface area (TPSA) is 87.7 Å². The average molecular weight is 454 g/mol. The van der Waals surface area contributed by atoms with E-state index < -0.39 is 11.8 Å². The number of nitrogens with one attached hydrogen (secondary N) is 2. The lowest BCUT2D eigenvalue weighted by molar-refractivity contribution is -0.136. The summed E-state index contributed by atoms with van der Waals surface area (Å²) in [6, 6.07) is 7.92. The summed E-state index contributed by atoms with van der Waals surface area (Å²) in [6.45, 7) is 2.47. The van der Waals surface area contributed by atoms with Crippen molar-refractivity contribution in [2.45, 2.75) is 43.9 Å². The molecule has 5 rings (SSSR count). The molecule has 0 saturated carbocycles. The predicted octanol–water partition coefficient (Wildman–Crippen LogP) is 2.78. The second-order valence-electron chi connectivity index (χ2n) is 8.80. The maximum Gasteiger partial charge on any atom is 0.313 e. The summed E-state index contributed by atoms with van der Waals surface area (Å²) in [7, 11) is 0. The molecule has 0 radical (unpaired) electrons. The Morgan fingerprint density at radius 3 is 2.62 bits per heavy atom. The van der Waals surface area contributed by atoms with Gasteiger partial charge in [-0.05, 0) is 66.8 Å². The molecule has 3 aliphatic rings. The van der Waals surface area contributed by atoms with Crippen molar-refractivity contribution in [2.24, 2.45) is 0 Å². The molecule has 4 heterocycles. The first-order valence-electron chi connectivity index (χ1n) is 11.2. The lowest BCUT2D eigenvalue weighted by atomic mass is 9.78. The quantitative estimate of drug-likeness (QED) is 0.697. The highest BCUT2D eigenvalue weighted by atomic mass is 32.1. The van der Waals surface area contributed by atoms with Crippen molar-refractivity contribution in [3.63, 3.8) is 0 Å². The standard InChI is InChI=1S/C24H27N3O4S/c28-20-6-5-17-14-18(13-16-3-1-9-27(20)21(16)17)26-23(30)22(29)25-15-24(7-10-31-11-8-24)19-4-2-12-32-19/h2,4,12-14H,1,3,5-11,15H2,(H,25,29)(H,26,30). The van der Waals surface area contributed by atoms with Gasteiger partial charge in [-0.1, -0.05) is 6.07 Å². The van der Waals surface area contributed by atoms with Crippen LogP contribution in [0.1, 0.15) is 41.7 Å². The van der Waals surface area contributed by atoms with Crippen molar-refractivity contribution in [3.8, 4) is 0 Å². The van der Waals surface area contributed by atoms with Gasteiger partial charge >= 0.3 is 11.8 Å². The minimum atomic E-state index is -0.662. The summed E-state index contributed by atoms with van der Waals surface area (Å²) >= 11 is 1.68. The zero-order chi connectivity index (χ0) is 22.1. The van der Waals surface area contributed by atoms with Gasteiger partial charge in [0, 0.05) is 48.7 Å². The Balaban J connectivity index is 1.27. The van der Waals surface area contributed by atoms with Crippen molar-refractivity contribution >= 4 is 40.4 Å². The predicted molar refractivity (Wildman–Crippen MR) is 123 cm³/mol. The van der Waals surface area contributed by atoms with Crippen LogP contribution < -0.4 is 15.5 Å². The van der Waals surface area contributed by atoms with E-state index in [1.165, 1.54) is 4.88 Å². The van der Waals surface area contributed by atoms with Gasteiger partial charge in [-0.15, -0.1) is 11.3 Å². The van der Waals surface area contributed by atoms with Crippen LogP contribution in [0, 0.1) is 0 Å². The van der Waals surface area contributed by atoms with Gasteiger partial charge in [0.05, 0.1) is 5.69 Å². The Kier molecular flexibility index (Phi) is 5.73. The number of nitrogens with zero attached hydrogens (tertiary/aromatic N) is 1. The highest BCUT2D eigenvalue weighted by Gasteiger charge is 2.36. The van der Waals surface area contributed by atoms with E-state index in [0.717, 1.165) is 49.0 Å². The monoisotopic (exact) mass is 453 g/mol. The minimum Gasteiger partial charge on any atom is -0.381 e. The Morgan fingerprint density at radius 2 is 1.88 bits per heavy atom. The van der Waals surface area contributed by atoms with E-state index in [-0.39, 0.29) is 11.3 Å². The molecule has 8 heteroatoms. The molecule has 0 aliphatic carbocycles. The van der Waals surface area contributed by atoms with Crippen molar-refractivity contribution in [1.29, 1.82) is 0 Å². The Labute approximate surface area is 191 Å². The first-order valence-corrected chi connectivity index (χ1v) is 12.1. The summed E-state index contributed by atoms with van der Waals surface area (Å²) in [5, 5.41) is 7.68. The number of hydrogen-bond donors (Lipinski definition) is 2. The fraction of sp³-hybridized carbons (Fsp3) is 0.458. The molecule has 2 aromatic rings. The van der Waals surface area contributed by atoms with Gasteiger partial charge < -0.3 is 20.3 Å². The number of thiophene rings is 1. The van der Waals surface area contributed by atoms with Gasteiger partial charge in [0.25, 0.3) is 0 Å². The second kappa shape index (κ2) is 8.67. The van der Waals surface area contributed by atoms with Crippen LogP contribution in [-0.4, -0.2) is 44.0 Å². The summed E-state index contributed by atoms with van der Waals surface area (Å²) in [4.78, 5) is 40.6. The number of aryl methyl sites for hydroxylation is 2. The SMILES string of the molecule is O=C(NCC1(c2cccs2)CCOCC1)C(=O)Nc1cc2c3c(c1)CCC(=O)N3CCC2. The van der Waals surface area contributed by atoms with Crippen LogP contribution >= 0.6 is 11.3 Å². The number of ether oxygens (including phenoxy) is 1. The summed E-state index contributed by atoms with van der Waals surface area (Å²) in [5.74, 6) is -1.12. The first-order chi connectivity index (χ1) is 15.6. The highest BCUT2D eigenvalue weighted by Crippen LogP contribution is 2.38. The van der Waals surface area contributed by atoms with Gasteiger partial charge in [-0.2, -0.15) is 0 Å². The van der Waals surface area contributed by atoms with Gasteiger partial charge in [-0.3, -0.25) is 14.4 Å². The third-order valence-corrected chi connectivity index (χ3v) is 7.94. The number of benzene rings is 1. The number of carbonyl (C=O) groups excluding carboxylic acids is 3. The van der Waals surface area contributed by atoms with E-state index in [9.17, 15) is 14.4 Å².